The molecule has 0 heterocycles. The van der Waals surface area contributed by atoms with Gasteiger partial charge in [-0.15, -0.1) is 0 Å². The molecule has 1 amide bonds. The first-order valence-corrected chi connectivity index (χ1v) is 10.2. The summed E-state index contributed by atoms with van der Waals surface area (Å²) < 4.78 is 5.76. The van der Waals surface area contributed by atoms with E-state index in [9.17, 15) is 4.79 Å². The standard InChI is InChI=1S/C22H29NO2S/c1-16(2)20-10-7-18(4)13-21(20)25-14-22(24)23-11-12-26-15-19-8-5-17(3)6-9-19/h5-10,13,16H,11-12,14-15H2,1-4H3,(H,23,24). The number of nitrogens with one attached hydrogen (secondary N) is 1. The predicted octanol–water partition coefficient (Wildman–Crippen LogP) is 4.86. The molecular formula is C22H29NO2S. The summed E-state index contributed by atoms with van der Waals surface area (Å²) in [4.78, 5) is 12.0. The smallest absolute Gasteiger partial charge is 0.257 e. The van der Waals surface area contributed by atoms with Crippen LogP contribution in [0.15, 0.2) is 42.5 Å². The molecular weight excluding hydrogens is 342 g/mol. The van der Waals surface area contributed by atoms with E-state index in [1.165, 1.54) is 11.1 Å². The average Bonchev–Trinajstić information content (AvgIpc) is 2.61. The third-order valence-electron chi connectivity index (χ3n) is 4.11. The molecule has 0 spiro atoms. The minimum absolute atomic E-state index is 0.0613. The molecule has 4 heteroatoms. The Kier molecular flexibility index (Phi) is 8.05. The first-order valence-electron chi connectivity index (χ1n) is 9.09. The fourth-order valence-electron chi connectivity index (χ4n) is 2.57. The molecule has 0 unspecified atom stereocenters. The van der Waals surface area contributed by atoms with E-state index >= 15 is 0 Å². The lowest BCUT2D eigenvalue weighted by Gasteiger charge is -2.14. The molecule has 0 aliphatic heterocycles. The number of benzene rings is 2. The summed E-state index contributed by atoms with van der Waals surface area (Å²) in [6.45, 7) is 9.10. The Morgan fingerprint density at radius 3 is 2.46 bits per heavy atom. The van der Waals surface area contributed by atoms with Crippen molar-refractivity contribution >= 4 is 17.7 Å². The van der Waals surface area contributed by atoms with Gasteiger partial charge in [-0.3, -0.25) is 4.79 Å². The van der Waals surface area contributed by atoms with Crippen LogP contribution in [-0.2, 0) is 10.5 Å². The highest BCUT2D eigenvalue weighted by molar-refractivity contribution is 7.98. The zero-order valence-electron chi connectivity index (χ0n) is 16.2. The van der Waals surface area contributed by atoms with E-state index in [1.807, 2.05) is 24.8 Å². The van der Waals surface area contributed by atoms with Crippen LogP contribution in [0.4, 0.5) is 0 Å². The number of ether oxygens (including phenoxy) is 1. The minimum atomic E-state index is -0.0721. The summed E-state index contributed by atoms with van der Waals surface area (Å²) >= 11 is 1.82. The van der Waals surface area contributed by atoms with Crippen LogP contribution in [0.25, 0.3) is 0 Å². The maximum Gasteiger partial charge on any atom is 0.257 e. The molecule has 0 fully saturated rings. The van der Waals surface area contributed by atoms with Crippen LogP contribution in [0.5, 0.6) is 5.75 Å². The summed E-state index contributed by atoms with van der Waals surface area (Å²) in [6.07, 6.45) is 0. The monoisotopic (exact) mass is 371 g/mol. The Bertz CT molecular complexity index is 711. The Balaban J connectivity index is 1.68. The molecule has 140 valence electrons. The largest absolute Gasteiger partial charge is 0.483 e. The van der Waals surface area contributed by atoms with Gasteiger partial charge < -0.3 is 10.1 Å². The number of carbonyl (C=O) groups excluding carboxylic acids is 1. The number of aryl methyl sites for hydroxylation is 2. The molecule has 0 aliphatic carbocycles. The van der Waals surface area contributed by atoms with Crippen molar-refractivity contribution in [3.8, 4) is 5.75 Å². The van der Waals surface area contributed by atoms with Gasteiger partial charge in [0.15, 0.2) is 6.61 Å². The second-order valence-corrected chi connectivity index (χ2v) is 7.98. The van der Waals surface area contributed by atoms with Gasteiger partial charge in [-0.25, -0.2) is 0 Å². The molecule has 2 aromatic carbocycles. The second kappa shape index (κ2) is 10.3. The normalized spacial score (nSPS) is 10.8. The highest BCUT2D eigenvalue weighted by Gasteiger charge is 2.10. The van der Waals surface area contributed by atoms with Crippen molar-refractivity contribution in [2.45, 2.75) is 39.4 Å². The van der Waals surface area contributed by atoms with Gasteiger partial charge in [-0.2, -0.15) is 11.8 Å². The molecule has 0 atom stereocenters. The van der Waals surface area contributed by atoms with E-state index in [1.54, 1.807) is 0 Å². The van der Waals surface area contributed by atoms with Gasteiger partial charge in [0, 0.05) is 18.1 Å². The SMILES string of the molecule is Cc1ccc(CSCCNC(=O)COc2cc(C)ccc2C(C)C)cc1. The van der Waals surface area contributed by atoms with Gasteiger partial charge in [0.25, 0.3) is 5.91 Å². The molecule has 3 nitrogen and oxygen atoms in total. The summed E-state index contributed by atoms with van der Waals surface area (Å²) in [5.41, 5.74) is 4.87. The van der Waals surface area contributed by atoms with Gasteiger partial charge in [0.1, 0.15) is 5.75 Å². The van der Waals surface area contributed by atoms with Crippen molar-refractivity contribution in [1.82, 2.24) is 5.32 Å². The predicted molar refractivity (Wildman–Crippen MR) is 111 cm³/mol. The summed E-state index contributed by atoms with van der Waals surface area (Å²) in [7, 11) is 0. The van der Waals surface area contributed by atoms with Crippen LogP contribution >= 0.6 is 11.8 Å². The molecule has 0 saturated heterocycles. The highest BCUT2D eigenvalue weighted by atomic mass is 32.2. The summed E-state index contributed by atoms with van der Waals surface area (Å²) in [5, 5.41) is 2.93. The quantitative estimate of drug-likeness (QED) is 0.640. The third kappa shape index (κ3) is 6.75. The van der Waals surface area contributed by atoms with Crippen LogP contribution in [-0.4, -0.2) is 24.8 Å². The van der Waals surface area contributed by atoms with Gasteiger partial charge in [0.2, 0.25) is 0 Å². The first kappa shape index (κ1) is 20.4. The molecule has 0 aromatic heterocycles. The van der Waals surface area contributed by atoms with E-state index in [0.717, 1.165) is 28.4 Å². The van der Waals surface area contributed by atoms with E-state index in [2.05, 4.69) is 62.5 Å². The van der Waals surface area contributed by atoms with Crippen molar-refractivity contribution in [3.05, 3.63) is 64.7 Å². The Morgan fingerprint density at radius 1 is 1.08 bits per heavy atom. The number of hydrogen-bond acceptors (Lipinski definition) is 3. The molecule has 26 heavy (non-hydrogen) atoms. The molecule has 2 rings (SSSR count). The van der Waals surface area contributed by atoms with E-state index in [-0.39, 0.29) is 12.5 Å². The van der Waals surface area contributed by atoms with Crippen LogP contribution in [0, 0.1) is 13.8 Å². The Morgan fingerprint density at radius 2 is 1.77 bits per heavy atom. The van der Waals surface area contributed by atoms with Gasteiger partial charge in [-0.1, -0.05) is 55.8 Å². The lowest BCUT2D eigenvalue weighted by molar-refractivity contribution is -0.122. The highest BCUT2D eigenvalue weighted by Crippen LogP contribution is 2.27. The topological polar surface area (TPSA) is 38.3 Å². The van der Waals surface area contributed by atoms with Crippen molar-refractivity contribution < 1.29 is 9.53 Å². The molecule has 0 bridgehead atoms. The third-order valence-corrected chi connectivity index (χ3v) is 5.14. The number of hydrogen-bond donors (Lipinski definition) is 1. The van der Waals surface area contributed by atoms with Crippen LogP contribution < -0.4 is 10.1 Å². The Hall–Kier alpha value is -1.94. The van der Waals surface area contributed by atoms with Gasteiger partial charge in [0.05, 0.1) is 0 Å². The number of rotatable bonds is 9. The number of carbonyl (C=O) groups is 1. The summed E-state index contributed by atoms with van der Waals surface area (Å²) in [6, 6.07) is 14.7. The van der Waals surface area contributed by atoms with Crippen LogP contribution in [0.2, 0.25) is 0 Å². The van der Waals surface area contributed by atoms with Crippen molar-refractivity contribution in [3.63, 3.8) is 0 Å². The van der Waals surface area contributed by atoms with E-state index in [0.29, 0.717) is 12.5 Å². The second-order valence-electron chi connectivity index (χ2n) is 6.87. The maximum absolute atomic E-state index is 12.0. The lowest BCUT2D eigenvalue weighted by Crippen LogP contribution is -2.30. The molecule has 0 saturated carbocycles. The summed E-state index contributed by atoms with van der Waals surface area (Å²) in [5.74, 6) is 2.96. The average molecular weight is 372 g/mol. The number of thioether (sulfide) groups is 1. The van der Waals surface area contributed by atoms with Crippen LogP contribution in [0.3, 0.4) is 0 Å². The molecule has 0 aliphatic rings. The van der Waals surface area contributed by atoms with E-state index in [4.69, 9.17) is 4.74 Å². The fraction of sp³-hybridized carbons (Fsp3) is 0.409. The minimum Gasteiger partial charge on any atom is -0.483 e. The zero-order valence-corrected chi connectivity index (χ0v) is 17.0. The van der Waals surface area contributed by atoms with Gasteiger partial charge >= 0.3 is 0 Å². The van der Waals surface area contributed by atoms with Crippen molar-refractivity contribution in [2.75, 3.05) is 18.9 Å². The fourth-order valence-corrected chi connectivity index (χ4v) is 3.39. The molecule has 0 radical (unpaired) electrons. The Labute approximate surface area is 161 Å². The zero-order chi connectivity index (χ0) is 18.9. The molecule has 1 N–H and O–H groups in total. The van der Waals surface area contributed by atoms with E-state index < -0.39 is 0 Å². The van der Waals surface area contributed by atoms with Crippen molar-refractivity contribution in [2.24, 2.45) is 0 Å². The van der Waals surface area contributed by atoms with Crippen molar-refractivity contribution in [1.29, 1.82) is 0 Å². The number of amides is 1. The molecule has 2 aromatic rings. The maximum atomic E-state index is 12.0. The van der Waals surface area contributed by atoms with Crippen LogP contribution in [0.1, 0.15) is 42.0 Å². The van der Waals surface area contributed by atoms with Gasteiger partial charge in [-0.05, 0) is 42.5 Å². The first-order chi connectivity index (χ1) is 12.5. The lowest BCUT2D eigenvalue weighted by atomic mass is 10.0.